The first-order chi connectivity index (χ1) is 9.79. The van der Waals surface area contributed by atoms with Gasteiger partial charge in [0.2, 0.25) is 0 Å². The lowest BCUT2D eigenvalue weighted by atomic mass is 10.1. The van der Waals surface area contributed by atoms with Crippen LogP contribution in [0.15, 0.2) is 36.7 Å². The Kier molecular flexibility index (Phi) is 5.66. The number of hydrogen-bond donors (Lipinski definition) is 1. The van der Waals surface area contributed by atoms with Crippen molar-refractivity contribution in [2.75, 3.05) is 5.73 Å². The molecule has 0 aliphatic heterocycles. The summed E-state index contributed by atoms with van der Waals surface area (Å²) in [7, 11) is 0. The van der Waals surface area contributed by atoms with E-state index < -0.39 is 0 Å². The molecule has 0 fully saturated rings. The maximum atomic E-state index is 5.70. The second kappa shape index (κ2) is 7.73. The van der Waals surface area contributed by atoms with Crippen molar-refractivity contribution in [1.82, 2.24) is 9.78 Å². The van der Waals surface area contributed by atoms with Crippen molar-refractivity contribution in [1.29, 1.82) is 0 Å². The van der Waals surface area contributed by atoms with E-state index in [2.05, 4.69) is 18.2 Å². The molecule has 0 saturated carbocycles. The Balaban J connectivity index is 1.79. The Morgan fingerprint density at radius 1 is 0.950 bits per heavy atom. The molecule has 0 spiro atoms. The average Bonchev–Trinajstić information content (AvgIpc) is 2.92. The van der Waals surface area contributed by atoms with Gasteiger partial charge in [-0.2, -0.15) is 5.10 Å². The number of hydrogen-bond acceptors (Lipinski definition) is 2. The number of nitrogen functional groups attached to an aromatic ring is 1. The second-order valence-electron chi connectivity index (χ2n) is 5.38. The summed E-state index contributed by atoms with van der Waals surface area (Å²) in [5.41, 5.74) is 8.84. The number of benzene rings is 1. The third kappa shape index (κ3) is 4.41. The van der Waals surface area contributed by atoms with Gasteiger partial charge in [0, 0.05) is 24.0 Å². The van der Waals surface area contributed by atoms with Crippen molar-refractivity contribution in [3.8, 4) is 11.1 Å². The minimum Gasteiger partial charge on any atom is -0.399 e. The van der Waals surface area contributed by atoms with Crippen molar-refractivity contribution in [2.45, 2.75) is 52.0 Å². The highest BCUT2D eigenvalue weighted by atomic mass is 15.3. The van der Waals surface area contributed by atoms with Crippen LogP contribution in [0.25, 0.3) is 11.1 Å². The predicted octanol–water partition coefficient (Wildman–Crippen LogP) is 4.49. The van der Waals surface area contributed by atoms with Gasteiger partial charge in [0.15, 0.2) is 0 Å². The molecule has 1 aromatic heterocycles. The first-order valence-corrected chi connectivity index (χ1v) is 7.68. The quantitative estimate of drug-likeness (QED) is 0.567. The lowest BCUT2D eigenvalue weighted by molar-refractivity contribution is 0.527. The molecule has 1 heterocycles. The van der Waals surface area contributed by atoms with Gasteiger partial charge in [-0.3, -0.25) is 4.68 Å². The average molecular weight is 271 g/mol. The summed E-state index contributed by atoms with van der Waals surface area (Å²) in [5, 5.41) is 4.43. The molecule has 2 N–H and O–H groups in total. The zero-order valence-corrected chi connectivity index (χ0v) is 12.4. The van der Waals surface area contributed by atoms with E-state index in [0.717, 1.165) is 17.8 Å². The fourth-order valence-electron chi connectivity index (χ4n) is 2.36. The molecule has 1 aromatic carbocycles. The largest absolute Gasteiger partial charge is 0.399 e. The monoisotopic (exact) mass is 271 g/mol. The summed E-state index contributed by atoms with van der Waals surface area (Å²) in [4.78, 5) is 0. The van der Waals surface area contributed by atoms with E-state index >= 15 is 0 Å². The molecule has 0 aliphatic rings. The van der Waals surface area contributed by atoms with Crippen LogP contribution in [0.5, 0.6) is 0 Å². The van der Waals surface area contributed by atoms with Crippen LogP contribution in [0.3, 0.4) is 0 Å². The van der Waals surface area contributed by atoms with E-state index in [4.69, 9.17) is 5.73 Å². The van der Waals surface area contributed by atoms with Crippen LogP contribution in [0.2, 0.25) is 0 Å². The fourth-order valence-corrected chi connectivity index (χ4v) is 2.36. The first kappa shape index (κ1) is 14.6. The molecule has 0 atom stereocenters. The molecular weight excluding hydrogens is 246 g/mol. The topological polar surface area (TPSA) is 43.8 Å². The zero-order valence-electron chi connectivity index (χ0n) is 12.4. The Morgan fingerprint density at radius 2 is 1.65 bits per heavy atom. The molecule has 0 unspecified atom stereocenters. The van der Waals surface area contributed by atoms with Gasteiger partial charge in [-0.05, 0) is 24.1 Å². The Morgan fingerprint density at radius 3 is 2.40 bits per heavy atom. The number of nitrogens with zero attached hydrogens (tertiary/aromatic N) is 2. The van der Waals surface area contributed by atoms with Crippen LogP contribution in [0.1, 0.15) is 45.4 Å². The van der Waals surface area contributed by atoms with Crippen molar-refractivity contribution >= 4 is 5.69 Å². The van der Waals surface area contributed by atoms with Crippen molar-refractivity contribution in [3.05, 3.63) is 36.7 Å². The Labute approximate surface area is 121 Å². The van der Waals surface area contributed by atoms with E-state index in [1.54, 1.807) is 0 Å². The summed E-state index contributed by atoms with van der Waals surface area (Å²) in [6.07, 6.45) is 12.0. The van der Waals surface area contributed by atoms with Gasteiger partial charge in [0.25, 0.3) is 0 Å². The van der Waals surface area contributed by atoms with E-state index in [1.165, 1.54) is 44.1 Å². The van der Waals surface area contributed by atoms with Crippen LogP contribution in [-0.2, 0) is 6.54 Å². The van der Waals surface area contributed by atoms with Crippen LogP contribution in [0, 0.1) is 0 Å². The molecule has 0 radical (unpaired) electrons. The molecular formula is C17H25N3. The second-order valence-corrected chi connectivity index (χ2v) is 5.38. The summed E-state index contributed by atoms with van der Waals surface area (Å²) >= 11 is 0. The lowest BCUT2D eigenvalue weighted by Crippen LogP contribution is -1.97. The van der Waals surface area contributed by atoms with Gasteiger partial charge in [0.05, 0.1) is 6.20 Å². The normalized spacial score (nSPS) is 10.8. The number of aryl methyl sites for hydroxylation is 1. The highest BCUT2D eigenvalue weighted by Gasteiger charge is 2.01. The van der Waals surface area contributed by atoms with Crippen LogP contribution >= 0.6 is 0 Å². The van der Waals surface area contributed by atoms with Gasteiger partial charge >= 0.3 is 0 Å². The molecule has 0 amide bonds. The SMILES string of the molecule is CCCCCCCCn1cc(-c2ccc(N)cc2)cn1. The molecule has 108 valence electrons. The van der Waals surface area contributed by atoms with Crippen molar-refractivity contribution < 1.29 is 0 Å². The summed E-state index contributed by atoms with van der Waals surface area (Å²) < 4.78 is 2.05. The summed E-state index contributed by atoms with van der Waals surface area (Å²) in [6.45, 7) is 3.27. The van der Waals surface area contributed by atoms with E-state index in [0.29, 0.717) is 0 Å². The van der Waals surface area contributed by atoms with Crippen LogP contribution in [0.4, 0.5) is 5.69 Å². The van der Waals surface area contributed by atoms with E-state index in [-0.39, 0.29) is 0 Å². The number of anilines is 1. The van der Waals surface area contributed by atoms with Crippen LogP contribution < -0.4 is 5.73 Å². The summed E-state index contributed by atoms with van der Waals surface area (Å²) in [6, 6.07) is 7.95. The number of rotatable bonds is 8. The highest BCUT2D eigenvalue weighted by Crippen LogP contribution is 2.19. The maximum Gasteiger partial charge on any atom is 0.0568 e. The smallest absolute Gasteiger partial charge is 0.0568 e. The minimum absolute atomic E-state index is 0.799. The molecule has 0 aliphatic carbocycles. The van der Waals surface area contributed by atoms with E-state index in [1.807, 2.05) is 35.1 Å². The maximum absolute atomic E-state index is 5.70. The number of aromatic nitrogens is 2. The van der Waals surface area contributed by atoms with Crippen molar-refractivity contribution in [3.63, 3.8) is 0 Å². The van der Waals surface area contributed by atoms with Crippen molar-refractivity contribution in [2.24, 2.45) is 0 Å². The van der Waals surface area contributed by atoms with Crippen LogP contribution in [-0.4, -0.2) is 9.78 Å². The van der Waals surface area contributed by atoms with E-state index in [9.17, 15) is 0 Å². The fraction of sp³-hybridized carbons (Fsp3) is 0.471. The van der Waals surface area contributed by atoms with Gasteiger partial charge in [-0.1, -0.05) is 51.2 Å². The zero-order chi connectivity index (χ0) is 14.2. The van der Waals surface area contributed by atoms with Gasteiger partial charge in [0.1, 0.15) is 0 Å². The predicted molar refractivity (Wildman–Crippen MR) is 85.5 cm³/mol. The minimum atomic E-state index is 0.799. The standard InChI is InChI=1S/C17H25N3/c1-2-3-4-5-6-7-12-20-14-16(13-19-20)15-8-10-17(18)11-9-15/h8-11,13-14H,2-7,12,18H2,1H3. The molecule has 0 saturated heterocycles. The molecule has 0 bridgehead atoms. The Hall–Kier alpha value is -1.77. The Bertz CT molecular complexity index is 499. The number of nitrogens with two attached hydrogens (primary N) is 1. The van der Waals surface area contributed by atoms with Gasteiger partial charge in [-0.25, -0.2) is 0 Å². The van der Waals surface area contributed by atoms with Gasteiger partial charge in [-0.15, -0.1) is 0 Å². The first-order valence-electron chi connectivity index (χ1n) is 7.68. The molecule has 3 nitrogen and oxygen atoms in total. The molecule has 2 aromatic rings. The third-order valence-electron chi connectivity index (χ3n) is 3.62. The number of unbranched alkanes of at least 4 members (excludes halogenated alkanes) is 5. The summed E-state index contributed by atoms with van der Waals surface area (Å²) in [5.74, 6) is 0. The highest BCUT2D eigenvalue weighted by molar-refractivity contribution is 5.63. The molecule has 20 heavy (non-hydrogen) atoms. The third-order valence-corrected chi connectivity index (χ3v) is 3.62. The lowest BCUT2D eigenvalue weighted by Gasteiger charge is -2.02. The molecule has 2 rings (SSSR count). The molecule has 3 heteroatoms. The van der Waals surface area contributed by atoms with Gasteiger partial charge < -0.3 is 5.73 Å².